The maximum Gasteiger partial charge on any atom is 0.239 e. The van der Waals surface area contributed by atoms with Gasteiger partial charge >= 0.3 is 0 Å². The maximum atomic E-state index is 11.7. The van der Waals surface area contributed by atoms with E-state index in [4.69, 9.17) is 10.5 Å². The van der Waals surface area contributed by atoms with Crippen molar-refractivity contribution in [3.8, 4) is 0 Å². The van der Waals surface area contributed by atoms with Gasteiger partial charge in [-0.05, 0) is 19.3 Å². The number of nitrogens with two attached hydrogens (primary N) is 1. The molecule has 0 saturated carbocycles. The van der Waals surface area contributed by atoms with Crippen LogP contribution in [0.2, 0.25) is 0 Å². The Bertz CT molecular complexity index is 183. The standard InChI is InChI=1S/C11H24N2O2/c1-5-15-7-6-13(4)11(14)10(12)8-9(2)3/h9-10H,5-8,12H2,1-4H3/t10-/m0/s1. The minimum Gasteiger partial charge on any atom is -0.380 e. The van der Waals surface area contributed by atoms with Crippen molar-refractivity contribution in [2.45, 2.75) is 33.2 Å². The van der Waals surface area contributed by atoms with Crippen LogP contribution in [0, 0.1) is 5.92 Å². The van der Waals surface area contributed by atoms with Gasteiger partial charge in [0, 0.05) is 20.2 Å². The van der Waals surface area contributed by atoms with Gasteiger partial charge in [-0.25, -0.2) is 0 Å². The second-order valence-corrected chi connectivity index (χ2v) is 4.19. The zero-order chi connectivity index (χ0) is 11.8. The zero-order valence-electron chi connectivity index (χ0n) is 10.3. The number of hydrogen-bond acceptors (Lipinski definition) is 3. The van der Waals surface area contributed by atoms with Gasteiger partial charge in [0.25, 0.3) is 0 Å². The Balaban J connectivity index is 3.85. The van der Waals surface area contributed by atoms with Crippen molar-refractivity contribution in [1.29, 1.82) is 0 Å². The molecule has 0 spiro atoms. The van der Waals surface area contributed by atoms with Crippen molar-refractivity contribution >= 4 is 5.91 Å². The zero-order valence-corrected chi connectivity index (χ0v) is 10.3. The molecule has 0 aliphatic heterocycles. The second kappa shape index (κ2) is 7.65. The highest BCUT2D eigenvalue weighted by Crippen LogP contribution is 2.04. The molecule has 0 fully saturated rings. The highest BCUT2D eigenvalue weighted by Gasteiger charge is 2.18. The molecule has 0 aromatic rings. The summed E-state index contributed by atoms with van der Waals surface area (Å²) in [4.78, 5) is 13.4. The van der Waals surface area contributed by atoms with Crippen LogP contribution < -0.4 is 5.73 Å². The summed E-state index contributed by atoms with van der Waals surface area (Å²) in [6, 6.07) is -0.378. The van der Waals surface area contributed by atoms with Crippen LogP contribution in [0.25, 0.3) is 0 Å². The van der Waals surface area contributed by atoms with Gasteiger partial charge in [0.05, 0.1) is 12.6 Å². The number of rotatable bonds is 7. The van der Waals surface area contributed by atoms with E-state index in [-0.39, 0.29) is 11.9 Å². The van der Waals surface area contributed by atoms with E-state index in [0.717, 1.165) is 6.42 Å². The lowest BCUT2D eigenvalue weighted by molar-refractivity contribution is -0.132. The summed E-state index contributed by atoms with van der Waals surface area (Å²) in [5, 5.41) is 0. The Kier molecular flexibility index (Phi) is 7.34. The number of nitrogens with zero attached hydrogens (tertiary/aromatic N) is 1. The van der Waals surface area contributed by atoms with Crippen LogP contribution in [0.4, 0.5) is 0 Å². The summed E-state index contributed by atoms with van der Waals surface area (Å²) in [6.07, 6.45) is 0.734. The maximum absolute atomic E-state index is 11.7. The van der Waals surface area contributed by atoms with Gasteiger partial charge in [-0.15, -0.1) is 0 Å². The molecule has 0 aliphatic rings. The molecule has 4 heteroatoms. The Morgan fingerprint density at radius 3 is 2.53 bits per heavy atom. The predicted octanol–water partition coefficient (Wildman–Crippen LogP) is 0.855. The van der Waals surface area contributed by atoms with Gasteiger partial charge in [-0.1, -0.05) is 13.8 Å². The molecule has 0 rings (SSSR count). The highest BCUT2D eigenvalue weighted by atomic mass is 16.5. The molecule has 0 heterocycles. The Labute approximate surface area is 92.8 Å². The summed E-state index contributed by atoms with van der Waals surface area (Å²) in [6.45, 7) is 7.93. The first-order chi connectivity index (χ1) is 6.99. The van der Waals surface area contributed by atoms with Gasteiger partial charge < -0.3 is 15.4 Å². The third-order valence-electron chi connectivity index (χ3n) is 2.19. The number of ether oxygens (including phenoxy) is 1. The quantitative estimate of drug-likeness (QED) is 0.642. The Morgan fingerprint density at radius 1 is 1.47 bits per heavy atom. The third kappa shape index (κ3) is 6.47. The molecule has 0 aromatic heterocycles. The average molecular weight is 216 g/mol. The lowest BCUT2D eigenvalue weighted by atomic mass is 10.0. The van der Waals surface area contributed by atoms with E-state index in [1.807, 2.05) is 6.92 Å². The number of amides is 1. The lowest BCUT2D eigenvalue weighted by Gasteiger charge is -2.22. The average Bonchev–Trinajstić information content (AvgIpc) is 2.15. The van der Waals surface area contributed by atoms with Gasteiger partial charge in [-0.3, -0.25) is 4.79 Å². The fourth-order valence-corrected chi connectivity index (χ4v) is 1.35. The topological polar surface area (TPSA) is 55.6 Å². The van der Waals surface area contributed by atoms with E-state index < -0.39 is 0 Å². The first-order valence-electron chi connectivity index (χ1n) is 5.57. The molecular formula is C11H24N2O2. The molecule has 0 radical (unpaired) electrons. The molecule has 15 heavy (non-hydrogen) atoms. The smallest absolute Gasteiger partial charge is 0.239 e. The number of carbonyl (C=O) groups excluding carboxylic acids is 1. The normalized spacial score (nSPS) is 12.9. The van der Waals surface area contributed by atoms with Crippen LogP contribution in [-0.2, 0) is 9.53 Å². The third-order valence-corrected chi connectivity index (χ3v) is 2.19. The molecule has 0 saturated heterocycles. The van der Waals surface area contributed by atoms with Gasteiger partial charge in [-0.2, -0.15) is 0 Å². The highest BCUT2D eigenvalue weighted by molar-refractivity contribution is 5.81. The largest absolute Gasteiger partial charge is 0.380 e. The lowest BCUT2D eigenvalue weighted by Crippen LogP contribution is -2.43. The van der Waals surface area contributed by atoms with E-state index in [1.54, 1.807) is 11.9 Å². The van der Waals surface area contributed by atoms with E-state index in [0.29, 0.717) is 25.7 Å². The molecule has 1 amide bonds. The molecule has 1 atom stereocenters. The van der Waals surface area contributed by atoms with Crippen molar-refractivity contribution in [2.75, 3.05) is 26.8 Å². The van der Waals surface area contributed by atoms with Crippen molar-refractivity contribution < 1.29 is 9.53 Å². The molecule has 0 aliphatic carbocycles. The summed E-state index contributed by atoms with van der Waals surface area (Å²) >= 11 is 0. The summed E-state index contributed by atoms with van der Waals surface area (Å²) in [7, 11) is 1.77. The second-order valence-electron chi connectivity index (χ2n) is 4.19. The van der Waals surface area contributed by atoms with E-state index in [1.165, 1.54) is 0 Å². The predicted molar refractivity (Wildman–Crippen MR) is 61.6 cm³/mol. The minimum absolute atomic E-state index is 0.00315. The van der Waals surface area contributed by atoms with Crippen LogP contribution in [0.15, 0.2) is 0 Å². The first-order valence-corrected chi connectivity index (χ1v) is 5.57. The van der Waals surface area contributed by atoms with Gasteiger partial charge in [0.2, 0.25) is 5.91 Å². The van der Waals surface area contributed by atoms with Crippen LogP contribution in [0.1, 0.15) is 27.2 Å². The van der Waals surface area contributed by atoms with Crippen LogP contribution in [-0.4, -0.2) is 43.7 Å². The molecule has 4 nitrogen and oxygen atoms in total. The van der Waals surface area contributed by atoms with Crippen molar-refractivity contribution in [2.24, 2.45) is 11.7 Å². The van der Waals surface area contributed by atoms with Crippen molar-refractivity contribution in [3.05, 3.63) is 0 Å². The van der Waals surface area contributed by atoms with Crippen LogP contribution in [0.5, 0.6) is 0 Å². The van der Waals surface area contributed by atoms with Gasteiger partial charge in [0.15, 0.2) is 0 Å². The Morgan fingerprint density at radius 2 is 2.07 bits per heavy atom. The van der Waals surface area contributed by atoms with Gasteiger partial charge in [0.1, 0.15) is 0 Å². The van der Waals surface area contributed by atoms with E-state index >= 15 is 0 Å². The number of likely N-dealkylation sites (N-methyl/N-ethyl adjacent to an activating group) is 1. The SMILES string of the molecule is CCOCCN(C)C(=O)[C@@H](N)CC(C)C. The summed E-state index contributed by atoms with van der Waals surface area (Å²) in [5.41, 5.74) is 5.79. The minimum atomic E-state index is -0.378. The number of carbonyl (C=O) groups is 1. The molecule has 0 unspecified atom stereocenters. The summed E-state index contributed by atoms with van der Waals surface area (Å²) in [5.74, 6) is 0.452. The molecule has 2 N–H and O–H groups in total. The summed E-state index contributed by atoms with van der Waals surface area (Å²) < 4.78 is 5.18. The fraction of sp³-hybridized carbons (Fsp3) is 0.909. The van der Waals surface area contributed by atoms with Crippen LogP contribution >= 0.6 is 0 Å². The molecule has 0 bridgehead atoms. The van der Waals surface area contributed by atoms with E-state index in [9.17, 15) is 4.79 Å². The van der Waals surface area contributed by atoms with E-state index in [2.05, 4.69) is 13.8 Å². The monoisotopic (exact) mass is 216 g/mol. The first kappa shape index (κ1) is 14.4. The van der Waals surface area contributed by atoms with Crippen LogP contribution in [0.3, 0.4) is 0 Å². The fourth-order valence-electron chi connectivity index (χ4n) is 1.35. The molecular weight excluding hydrogens is 192 g/mol. The number of hydrogen-bond donors (Lipinski definition) is 1. The molecule has 90 valence electrons. The Hall–Kier alpha value is -0.610. The van der Waals surface area contributed by atoms with Crippen molar-refractivity contribution in [1.82, 2.24) is 4.90 Å². The molecule has 0 aromatic carbocycles. The van der Waals surface area contributed by atoms with Crippen molar-refractivity contribution in [3.63, 3.8) is 0 Å².